The number of para-hydroxylation sites is 1. The van der Waals surface area contributed by atoms with Gasteiger partial charge in [0.1, 0.15) is 5.75 Å². The lowest BCUT2D eigenvalue weighted by Gasteiger charge is -2.37. The third-order valence-electron chi connectivity index (χ3n) is 4.32. The third kappa shape index (κ3) is 4.47. The fraction of sp³-hybridized carbons (Fsp3) is 0.588. The lowest BCUT2D eigenvalue weighted by molar-refractivity contribution is 0.179. The Hall–Kier alpha value is -1.56. The standard InChI is InChI=1S/C17H26N2O3S/c1-4-22-16-8-6-5-7-15(16)9-10-18-17(20)19-11-12-23(21)14(3)13(19)2/h5-8,13-14H,4,9-12H2,1-3H3,(H,18,20)/t13-,14+,23+/m0/s1. The molecule has 0 radical (unpaired) electrons. The lowest BCUT2D eigenvalue weighted by atomic mass is 10.1. The summed E-state index contributed by atoms with van der Waals surface area (Å²) in [5, 5.41) is 2.99. The van der Waals surface area contributed by atoms with Crippen molar-refractivity contribution >= 4 is 16.8 Å². The molecular weight excluding hydrogens is 312 g/mol. The predicted octanol–water partition coefficient (Wildman–Crippen LogP) is 2.18. The molecule has 1 N–H and O–H groups in total. The summed E-state index contributed by atoms with van der Waals surface area (Å²) < 4.78 is 17.4. The molecule has 3 atom stereocenters. The second-order valence-electron chi connectivity index (χ2n) is 5.75. The van der Waals surface area contributed by atoms with E-state index >= 15 is 0 Å². The van der Waals surface area contributed by atoms with Gasteiger partial charge in [-0.05, 0) is 38.8 Å². The van der Waals surface area contributed by atoms with E-state index in [0.29, 0.717) is 25.4 Å². The Kier molecular flexibility index (Phi) is 6.45. The number of hydrogen-bond acceptors (Lipinski definition) is 3. The topological polar surface area (TPSA) is 58.6 Å². The summed E-state index contributed by atoms with van der Waals surface area (Å²) in [7, 11) is -0.831. The van der Waals surface area contributed by atoms with E-state index in [1.807, 2.05) is 45.0 Å². The summed E-state index contributed by atoms with van der Waals surface area (Å²) in [6.07, 6.45) is 0.728. The first-order chi connectivity index (χ1) is 11.0. The Labute approximate surface area is 140 Å². The van der Waals surface area contributed by atoms with Crippen molar-refractivity contribution in [2.24, 2.45) is 0 Å². The smallest absolute Gasteiger partial charge is 0.317 e. The molecule has 1 aromatic rings. The molecule has 1 aromatic carbocycles. The summed E-state index contributed by atoms with van der Waals surface area (Å²) in [6.45, 7) is 7.61. The summed E-state index contributed by atoms with van der Waals surface area (Å²) in [5.41, 5.74) is 1.09. The number of hydrogen-bond donors (Lipinski definition) is 1. The molecular formula is C17H26N2O3S. The highest BCUT2D eigenvalue weighted by atomic mass is 32.2. The number of carbonyl (C=O) groups excluding carboxylic acids is 1. The SMILES string of the molecule is CCOc1ccccc1CCNC(=O)N1CC[S@@](=O)[C@H](C)[C@@H]1C. The molecule has 0 aromatic heterocycles. The highest BCUT2D eigenvalue weighted by molar-refractivity contribution is 7.85. The van der Waals surface area contributed by atoms with Crippen LogP contribution in [-0.2, 0) is 17.2 Å². The molecule has 128 valence electrons. The van der Waals surface area contributed by atoms with Crippen molar-refractivity contribution in [1.29, 1.82) is 0 Å². The second-order valence-corrected chi connectivity index (χ2v) is 7.66. The number of carbonyl (C=O) groups is 1. The van der Waals surface area contributed by atoms with E-state index in [9.17, 15) is 9.00 Å². The van der Waals surface area contributed by atoms with Crippen molar-refractivity contribution in [2.45, 2.75) is 38.5 Å². The fourth-order valence-electron chi connectivity index (χ4n) is 2.75. The molecule has 0 aliphatic carbocycles. The molecule has 1 aliphatic rings. The largest absolute Gasteiger partial charge is 0.494 e. The third-order valence-corrected chi connectivity index (χ3v) is 6.13. The molecule has 1 saturated heterocycles. The lowest BCUT2D eigenvalue weighted by Crippen LogP contribution is -2.55. The molecule has 2 amide bonds. The Morgan fingerprint density at radius 1 is 1.39 bits per heavy atom. The molecule has 0 bridgehead atoms. The van der Waals surface area contributed by atoms with Crippen LogP contribution in [0.15, 0.2) is 24.3 Å². The number of ether oxygens (including phenoxy) is 1. The van der Waals surface area contributed by atoms with E-state index in [-0.39, 0.29) is 17.3 Å². The summed E-state index contributed by atoms with van der Waals surface area (Å²) in [5.74, 6) is 1.44. The molecule has 23 heavy (non-hydrogen) atoms. The maximum absolute atomic E-state index is 12.3. The first kappa shape index (κ1) is 17.8. The monoisotopic (exact) mass is 338 g/mol. The minimum atomic E-state index is -0.831. The Balaban J connectivity index is 1.87. The van der Waals surface area contributed by atoms with Gasteiger partial charge in [-0.15, -0.1) is 0 Å². The van der Waals surface area contributed by atoms with E-state index in [4.69, 9.17) is 4.74 Å². The van der Waals surface area contributed by atoms with Gasteiger partial charge < -0.3 is 15.0 Å². The molecule has 6 heteroatoms. The first-order valence-corrected chi connectivity index (χ1v) is 9.55. The zero-order valence-corrected chi connectivity index (χ0v) is 14.9. The average Bonchev–Trinajstić information content (AvgIpc) is 2.54. The number of nitrogens with one attached hydrogen (secondary N) is 1. The molecule has 1 aliphatic heterocycles. The van der Waals surface area contributed by atoms with Gasteiger partial charge in [0, 0.05) is 35.7 Å². The van der Waals surface area contributed by atoms with Gasteiger partial charge in [-0.1, -0.05) is 18.2 Å². The number of benzene rings is 1. The van der Waals surface area contributed by atoms with Crippen LogP contribution >= 0.6 is 0 Å². The van der Waals surface area contributed by atoms with Crippen LogP contribution in [0.4, 0.5) is 4.79 Å². The van der Waals surface area contributed by atoms with Crippen LogP contribution in [0.3, 0.4) is 0 Å². The van der Waals surface area contributed by atoms with Crippen molar-refractivity contribution in [2.75, 3.05) is 25.4 Å². The van der Waals surface area contributed by atoms with Crippen LogP contribution in [0.2, 0.25) is 0 Å². The van der Waals surface area contributed by atoms with Crippen molar-refractivity contribution in [3.8, 4) is 5.75 Å². The minimum absolute atomic E-state index is 0.000273. The van der Waals surface area contributed by atoms with Crippen molar-refractivity contribution in [3.05, 3.63) is 29.8 Å². The van der Waals surface area contributed by atoms with Gasteiger partial charge in [-0.2, -0.15) is 0 Å². The average molecular weight is 338 g/mol. The van der Waals surface area contributed by atoms with Crippen molar-refractivity contribution in [1.82, 2.24) is 10.2 Å². The second kappa shape index (κ2) is 8.34. The van der Waals surface area contributed by atoms with Crippen molar-refractivity contribution in [3.63, 3.8) is 0 Å². The highest BCUT2D eigenvalue weighted by Crippen LogP contribution is 2.19. The number of rotatable bonds is 5. The van der Waals surface area contributed by atoms with E-state index in [1.54, 1.807) is 4.90 Å². The number of urea groups is 1. The van der Waals surface area contributed by atoms with Gasteiger partial charge in [0.2, 0.25) is 0 Å². The van der Waals surface area contributed by atoms with E-state index in [2.05, 4.69) is 5.32 Å². The van der Waals surface area contributed by atoms with Gasteiger partial charge in [-0.25, -0.2) is 4.79 Å². The molecule has 0 unspecified atom stereocenters. The van der Waals surface area contributed by atoms with Crippen LogP contribution in [0, 0.1) is 0 Å². The molecule has 5 nitrogen and oxygen atoms in total. The van der Waals surface area contributed by atoms with E-state index < -0.39 is 10.8 Å². The van der Waals surface area contributed by atoms with Crippen LogP contribution in [-0.4, -0.2) is 51.9 Å². The van der Waals surface area contributed by atoms with Crippen LogP contribution in [0.1, 0.15) is 26.3 Å². The molecule has 1 heterocycles. The zero-order valence-electron chi connectivity index (χ0n) is 14.1. The molecule has 1 fully saturated rings. The minimum Gasteiger partial charge on any atom is -0.494 e. The van der Waals surface area contributed by atoms with Crippen molar-refractivity contribution < 1.29 is 13.7 Å². The highest BCUT2D eigenvalue weighted by Gasteiger charge is 2.32. The van der Waals surface area contributed by atoms with Crippen LogP contribution < -0.4 is 10.1 Å². The Morgan fingerprint density at radius 3 is 2.87 bits per heavy atom. The maximum Gasteiger partial charge on any atom is 0.317 e. The van der Waals surface area contributed by atoms with Crippen LogP contribution in [0.25, 0.3) is 0 Å². The summed E-state index contributed by atoms with van der Waals surface area (Å²) in [4.78, 5) is 14.1. The van der Waals surface area contributed by atoms with E-state index in [0.717, 1.165) is 17.7 Å². The zero-order chi connectivity index (χ0) is 16.8. The first-order valence-electron chi connectivity index (χ1n) is 8.17. The van der Waals surface area contributed by atoms with Gasteiger partial charge in [-0.3, -0.25) is 4.21 Å². The number of nitrogens with zero attached hydrogens (tertiary/aromatic N) is 1. The Bertz CT molecular complexity index is 565. The molecule has 0 spiro atoms. The Morgan fingerprint density at radius 2 is 2.13 bits per heavy atom. The van der Waals surface area contributed by atoms with E-state index in [1.165, 1.54) is 0 Å². The molecule has 0 saturated carbocycles. The fourth-order valence-corrected chi connectivity index (χ4v) is 4.08. The van der Waals surface area contributed by atoms with Crippen LogP contribution in [0.5, 0.6) is 5.75 Å². The van der Waals surface area contributed by atoms with Gasteiger partial charge in [0.25, 0.3) is 0 Å². The van der Waals surface area contributed by atoms with Gasteiger partial charge in [0.15, 0.2) is 0 Å². The normalized spacial score (nSPS) is 24.3. The molecule has 2 rings (SSSR count). The predicted molar refractivity (Wildman–Crippen MR) is 93.4 cm³/mol. The number of amides is 2. The summed E-state index contributed by atoms with van der Waals surface area (Å²) in [6, 6.07) is 7.82. The quantitative estimate of drug-likeness (QED) is 0.895. The summed E-state index contributed by atoms with van der Waals surface area (Å²) >= 11 is 0. The van der Waals surface area contributed by atoms with Gasteiger partial charge >= 0.3 is 6.03 Å². The maximum atomic E-state index is 12.3. The van der Waals surface area contributed by atoms with Gasteiger partial charge in [0.05, 0.1) is 11.9 Å².